The summed E-state index contributed by atoms with van der Waals surface area (Å²) in [6.07, 6.45) is 2.65. The number of amidine groups is 1. The Kier molecular flexibility index (Phi) is 7.44. The molecule has 132 valence electrons. The number of hydrogen-bond acceptors (Lipinski definition) is 7. The second kappa shape index (κ2) is 9.34. The number of hydrogen-bond donors (Lipinski definition) is 1. The number of carbonyl (C=O) groups excluding carboxylic acids is 2. The summed E-state index contributed by atoms with van der Waals surface area (Å²) in [7, 11) is 1.24. The Hall–Kier alpha value is -1.40. The zero-order valence-corrected chi connectivity index (χ0v) is 17.8. The van der Waals surface area contributed by atoms with Gasteiger partial charge < -0.3 is 9.47 Å². The van der Waals surface area contributed by atoms with E-state index in [0.29, 0.717) is 12.4 Å². The molecule has 0 bridgehead atoms. The molecule has 7 nitrogen and oxygen atoms in total. The Morgan fingerprint density at radius 2 is 2.24 bits per heavy atom. The molecule has 25 heavy (non-hydrogen) atoms. The first-order valence-electron chi connectivity index (χ1n) is 6.96. The quantitative estimate of drug-likeness (QED) is 0.205. The van der Waals surface area contributed by atoms with Gasteiger partial charge in [-0.25, -0.2) is 4.79 Å². The van der Waals surface area contributed by atoms with Crippen LogP contribution in [-0.4, -0.2) is 37.0 Å². The van der Waals surface area contributed by atoms with E-state index < -0.39 is 11.9 Å². The summed E-state index contributed by atoms with van der Waals surface area (Å²) in [5.74, 6) is -0.312. The van der Waals surface area contributed by atoms with Crippen molar-refractivity contribution in [2.75, 3.05) is 13.7 Å². The molecule has 1 aromatic carbocycles. The summed E-state index contributed by atoms with van der Waals surface area (Å²) in [5, 5.41) is 10.8. The van der Waals surface area contributed by atoms with Crippen LogP contribution in [0.25, 0.3) is 0 Å². The molecule has 1 N–H and O–H groups in total. The molecular weight excluding hydrogens is 525 g/mol. The van der Waals surface area contributed by atoms with E-state index >= 15 is 0 Å². The van der Waals surface area contributed by atoms with E-state index in [0.717, 1.165) is 31.4 Å². The van der Waals surface area contributed by atoms with Gasteiger partial charge in [0.1, 0.15) is 5.75 Å². The summed E-state index contributed by atoms with van der Waals surface area (Å²) < 4.78 is 12.0. The van der Waals surface area contributed by atoms with E-state index in [1.165, 1.54) is 7.11 Å². The highest BCUT2D eigenvalue weighted by Gasteiger charge is 2.25. The molecule has 1 saturated heterocycles. The van der Waals surface area contributed by atoms with E-state index in [9.17, 15) is 9.59 Å². The Balaban J connectivity index is 2.19. The van der Waals surface area contributed by atoms with E-state index in [-0.39, 0.29) is 10.1 Å². The van der Waals surface area contributed by atoms with Crippen LogP contribution in [0.4, 0.5) is 0 Å². The van der Waals surface area contributed by atoms with Crippen LogP contribution in [0.2, 0.25) is 0 Å². The Morgan fingerprint density at radius 3 is 2.92 bits per heavy atom. The van der Waals surface area contributed by atoms with Crippen molar-refractivity contribution < 1.29 is 19.1 Å². The van der Waals surface area contributed by atoms with E-state index in [2.05, 4.69) is 58.8 Å². The molecular formula is C15H13BrIN3O4S. The lowest BCUT2D eigenvalue weighted by atomic mass is 10.2. The number of rotatable bonds is 5. The highest BCUT2D eigenvalue weighted by Crippen LogP contribution is 2.29. The van der Waals surface area contributed by atoms with Gasteiger partial charge in [0.15, 0.2) is 5.17 Å². The molecule has 0 aromatic heterocycles. The number of esters is 1. The monoisotopic (exact) mass is 537 g/mol. The number of nitrogens with one attached hydrogen (secondary N) is 1. The molecule has 10 heteroatoms. The molecule has 0 spiro atoms. The van der Waals surface area contributed by atoms with Crippen molar-refractivity contribution in [3.8, 4) is 5.75 Å². The maximum atomic E-state index is 11.7. The Bertz CT molecular complexity index is 795. The maximum absolute atomic E-state index is 11.7. The maximum Gasteiger partial charge on any atom is 0.331 e. The van der Waals surface area contributed by atoms with Gasteiger partial charge in [-0.2, -0.15) is 5.10 Å². The largest absolute Gasteiger partial charge is 0.492 e. The fraction of sp³-hybridized carbons (Fsp3) is 0.200. The second-order valence-corrected chi connectivity index (χ2v) is 7.59. The third-order valence-corrected chi connectivity index (χ3v) is 4.93. The van der Waals surface area contributed by atoms with Crippen LogP contribution in [0.15, 0.2) is 37.8 Å². The number of thioether (sulfide) groups is 1. The van der Waals surface area contributed by atoms with Crippen LogP contribution in [0.1, 0.15) is 12.5 Å². The van der Waals surface area contributed by atoms with Gasteiger partial charge >= 0.3 is 5.97 Å². The average Bonchev–Trinajstić information content (AvgIpc) is 2.90. The summed E-state index contributed by atoms with van der Waals surface area (Å²) >= 11 is 6.62. The molecule has 1 aliphatic rings. The van der Waals surface area contributed by atoms with Crippen LogP contribution in [0.3, 0.4) is 0 Å². The predicted octanol–water partition coefficient (Wildman–Crippen LogP) is 3.06. The van der Waals surface area contributed by atoms with Gasteiger partial charge in [0.25, 0.3) is 5.91 Å². The highest BCUT2D eigenvalue weighted by molar-refractivity contribution is 14.1. The molecule has 1 heterocycles. The van der Waals surface area contributed by atoms with Crippen LogP contribution in [-0.2, 0) is 14.3 Å². The molecule has 0 unspecified atom stereocenters. The number of nitrogens with zero attached hydrogens (tertiary/aromatic N) is 2. The first-order valence-corrected chi connectivity index (χ1v) is 9.65. The normalized spacial score (nSPS) is 17.4. The first kappa shape index (κ1) is 19.9. The molecule has 1 fully saturated rings. The highest BCUT2D eigenvalue weighted by atomic mass is 127. The Labute approximate surface area is 170 Å². The van der Waals surface area contributed by atoms with E-state index in [1.54, 1.807) is 6.21 Å². The summed E-state index contributed by atoms with van der Waals surface area (Å²) in [6.45, 7) is 2.43. The summed E-state index contributed by atoms with van der Waals surface area (Å²) in [5.41, 5.74) is 0.754. The molecule has 0 saturated carbocycles. The van der Waals surface area contributed by atoms with Crippen molar-refractivity contribution in [3.05, 3.63) is 36.7 Å². The number of benzene rings is 1. The van der Waals surface area contributed by atoms with E-state index in [1.807, 2.05) is 19.1 Å². The number of carbonyl (C=O) groups is 2. The number of halogens is 2. The van der Waals surface area contributed by atoms with Crippen LogP contribution >= 0.6 is 50.3 Å². The fourth-order valence-electron chi connectivity index (χ4n) is 1.76. The minimum atomic E-state index is -0.604. The van der Waals surface area contributed by atoms with Crippen LogP contribution in [0.5, 0.6) is 5.75 Å². The van der Waals surface area contributed by atoms with Gasteiger partial charge in [-0.05, 0) is 53.4 Å². The SMILES string of the molecule is CCOc1c(I)cc(Br)cc1C=N/N=C1/NC(=O)/C(=C\C(=O)OC)S1. The molecule has 1 aliphatic heterocycles. The molecule has 0 aliphatic carbocycles. The third-order valence-electron chi connectivity index (χ3n) is 2.77. The minimum Gasteiger partial charge on any atom is -0.492 e. The van der Waals surface area contributed by atoms with Crippen molar-refractivity contribution in [3.63, 3.8) is 0 Å². The molecule has 2 rings (SSSR count). The van der Waals surface area contributed by atoms with Crippen molar-refractivity contribution >= 4 is 73.5 Å². The number of ether oxygens (including phenoxy) is 2. The van der Waals surface area contributed by atoms with Gasteiger partial charge in [-0.3, -0.25) is 10.1 Å². The van der Waals surface area contributed by atoms with Gasteiger partial charge in [0.2, 0.25) is 0 Å². The Morgan fingerprint density at radius 1 is 1.48 bits per heavy atom. The topological polar surface area (TPSA) is 89.4 Å². The molecule has 1 aromatic rings. The molecule has 0 atom stereocenters. The van der Waals surface area contributed by atoms with Crippen LogP contribution in [0, 0.1) is 3.57 Å². The number of amides is 1. The predicted molar refractivity (Wildman–Crippen MR) is 109 cm³/mol. The lowest BCUT2D eigenvalue weighted by molar-refractivity contribution is -0.135. The fourth-order valence-corrected chi connectivity index (χ4v) is 4.20. The van der Waals surface area contributed by atoms with Gasteiger partial charge in [0.05, 0.1) is 28.4 Å². The smallest absolute Gasteiger partial charge is 0.331 e. The van der Waals surface area contributed by atoms with E-state index in [4.69, 9.17) is 4.74 Å². The minimum absolute atomic E-state index is 0.202. The van der Waals surface area contributed by atoms with Gasteiger partial charge in [-0.1, -0.05) is 15.9 Å². The summed E-state index contributed by atoms with van der Waals surface area (Å²) in [6, 6.07) is 3.80. The molecule has 0 radical (unpaired) electrons. The lowest BCUT2D eigenvalue weighted by Gasteiger charge is -2.09. The van der Waals surface area contributed by atoms with Crippen molar-refractivity contribution in [1.82, 2.24) is 5.32 Å². The lowest BCUT2D eigenvalue weighted by Crippen LogP contribution is -2.19. The standard InChI is InChI=1S/C15H13BrIN3O4S/c1-3-24-13-8(4-9(16)5-10(13)17)7-18-20-15-19-14(22)11(25-15)6-12(21)23-2/h4-7H,3H2,1-2H3,(H,19,20,22)/b11-6+,18-7?. The third kappa shape index (κ3) is 5.54. The summed E-state index contributed by atoms with van der Waals surface area (Å²) in [4.78, 5) is 23.1. The van der Waals surface area contributed by atoms with Gasteiger partial charge in [0, 0.05) is 16.1 Å². The second-order valence-electron chi connectivity index (χ2n) is 4.48. The van der Waals surface area contributed by atoms with Crippen molar-refractivity contribution in [2.24, 2.45) is 10.2 Å². The zero-order valence-electron chi connectivity index (χ0n) is 13.2. The number of methoxy groups -OCH3 is 1. The first-order chi connectivity index (χ1) is 11.9. The van der Waals surface area contributed by atoms with Crippen LogP contribution < -0.4 is 10.1 Å². The molecule has 1 amide bonds. The van der Waals surface area contributed by atoms with Crippen molar-refractivity contribution in [2.45, 2.75) is 6.92 Å². The van der Waals surface area contributed by atoms with Crippen molar-refractivity contribution in [1.29, 1.82) is 0 Å². The van der Waals surface area contributed by atoms with Gasteiger partial charge in [-0.15, -0.1) is 5.10 Å². The zero-order chi connectivity index (χ0) is 18.4. The average molecular weight is 538 g/mol.